The van der Waals surface area contributed by atoms with Gasteiger partial charge in [0, 0.05) is 63.2 Å². The minimum Gasteiger partial charge on any atom is -0.296 e. The molecular formula is C40H29N3S2. The van der Waals surface area contributed by atoms with Gasteiger partial charge in [0.25, 0.3) is 0 Å². The van der Waals surface area contributed by atoms with Crippen molar-refractivity contribution in [3.63, 3.8) is 0 Å². The van der Waals surface area contributed by atoms with Crippen LogP contribution < -0.4 is 0 Å². The Morgan fingerprint density at radius 2 is 1.42 bits per heavy atom. The van der Waals surface area contributed by atoms with Crippen LogP contribution in [0, 0.1) is 11.8 Å². The van der Waals surface area contributed by atoms with Crippen molar-refractivity contribution in [1.82, 2.24) is 14.5 Å². The quantitative estimate of drug-likeness (QED) is 0.194. The first kappa shape index (κ1) is 25.7. The second-order valence-corrected chi connectivity index (χ2v) is 14.8. The van der Waals surface area contributed by atoms with Gasteiger partial charge in [-0.3, -0.25) is 4.57 Å². The Balaban J connectivity index is 1.46. The number of nitrogens with zero attached hydrogens (tertiary/aromatic N) is 3. The van der Waals surface area contributed by atoms with Crippen LogP contribution in [0.15, 0.2) is 97.1 Å². The maximum atomic E-state index is 5.56. The van der Waals surface area contributed by atoms with Gasteiger partial charge < -0.3 is 0 Å². The van der Waals surface area contributed by atoms with E-state index in [-0.39, 0.29) is 0 Å². The van der Waals surface area contributed by atoms with Crippen LogP contribution in [0.25, 0.3) is 79.6 Å². The Labute approximate surface area is 268 Å². The molecule has 0 amide bonds. The van der Waals surface area contributed by atoms with Crippen LogP contribution in [-0.2, 0) is 6.42 Å². The number of benzene rings is 4. The van der Waals surface area contributed by atoms with Gasteiger partial charge in [0.15, 0.2) is 11.6 Å². The van der Waals surface area contributed by atoms with Gasteiger partial charge in [-0.05, 0) is 36.8 Å². The Morgan fingerprint density at radius 3 is 2.22 bits per heavy atom. The summed E-state index contributed by atoms with van der Waals surface area (Å²) in [7, 11) is 0. The van der Waals surface area contributed by atoms with Gasteiger partial charge in [0.2, 0.25) is 0 Å². The topological polar surface area (TPSA) is 30.7 Å². The molecule has 216 valence electrons. The van der Waals surface area contributed by atoms with Crippen LogP contribution in [0.1, 0.15) is 37.4 Å². The number of fused-ring (bicyclic) bond motifs is 13. The summed E-state index contributed by atoms with van der Waals surface area (Å²) in [6.07, 6.45) is 13.6. The van der Waals surface area contributed by atoms with Crippen molar-refractivity contribution in [2.75, 3.05) is 0 Å². The minimum absolute atomic E-state index is 0.433. The third kappa shape index (κ3) is 3.62. The standard InChI is InChI=1S/C40H29N3S2/c1-22-10-9-11-24(20-22)38-41-39(35-29-15-6-8-17-32(29)45-40(35)42-38)43-30-21-23(2)18-19-27(30)33-34-28-14-5-7-16-31(28)44-37(34)26-13-4-3-12-25(26)36(33)43/h3-9,11-20,22-23H,10,21H2,1-2H3. The van der Waals surface area contributed by atoms with Gasteiger partial charge in [-0.25, -0.2) is 9.97 Å². The fourth-order valence-corrected chi connectivity index (χ4v) is 9.97. The second-order valence-electron chi connectivity index (χ2n) is 12.7. The van der Waals surface area contributed by atoms with Gasteiger partial charge in [-0.2, -0.15) is 0 Å². The van der Waals surface area contributed by atoms with E-state index < -0.39 is 0 Å². The molecule has 0 bridgehead atoms. The second kappa shape index (κ2) is 9.46. The molecule has 5 heteroatoms. The SMILES string of the molecule is CC1C=C(c2nc(-n3c4c(c5c6c7ccccc7sc6c6ccccc6c53)C=CC(C)C4)c3c(n2)sc2ccccc23)C=CC1. The highest BCUT2D eigenvalue weighted by molar-refractivity contribution is 7.27. The lowest BCUT2D eigenvalue weighted by atomic mass is 9.92. The lowest BCUT2D eigenvalue weighted by Crippen LogP contribution is -2.11. The zero-order valence-corrected chi connectivity index (χ0v) is 26.7. The monoisotopic (exact) mass is 615 g/mol. The number of hydrogen-bond donors (Lipinski definition) is 0. The smallest absolute Gasteiger partial charge is 0.162 e. The van der Waals surface area contributed by atoms with Crippen molar-refractivity contribution in [2.45, 2.75) is 26.7 Å². The number of rotatable bonds is 2. The predicted octanol–water partition coefficient (Wildman–Crippen LogP) is 11.5. The largest absolute Gasteiger partial charge is 0.296 e. The zero-order valence-electron chi connectivity index (χ0n) is 25.0. The first-order valence-electron chi connectivity index (χ1n) is 15.8. The van der Waals surface area contributed by atoms with E-state index in [9.17, 15) is 0 Å². The van der Waals surface area contributed by atoms with Crippen LogP contribution >= 0.6 is 22.7 Å². The lowest BCUT2D eigenvalue weighted by Gasteiger charge is -2.19. The van der Waals surface area contributed by atoms with E-state index in [1.165, 1.54) is 63.2 Å². The zero-order chi connectivity index (χ0) is 29.8. The molecule has 0 aliphatic heterocycles. The van der Waals surface area contributed by atoms with Crippen LogP contribution in [0.3, 0.4) is 0 Å². The first-order chi connectivity index (χ1) is 22.1. The molecule has 45 heavy (non-hydrogen) atoms. The fraction of sp³-hybridized carbons (Fsp3) is 0.150. The molecular weight excluding hydrogens is 587 g/mol. The summed E-state index contributed by atoms with van der Waals surface area (Å²) in [5, 5.41) is 9.00. The predicted molar refractivity (Wildman–Crippen MR) is 195 cm³/mol. The third-order valence-electron chi connectivity index (χ3n) is 9.65. The van der Waals surface area contributed by atoms with Crippen molar-refractivity contribution < 1.29 is 0 Å². The average molecular weight is 616 g/mol. The van der Waals surface area contributed by atoms with E-state index in [2.05, 4.69) is 122 Å². The lowest BCUT2D eigenvalue weighted by molar-refractivity contribution is 0.688. The van der Waals surface area contributed by atoms with Crippen molar-refractivity contribution in [1.29, 1.82) is 0 Å². The average Bonchev–Trinajstić information content (AvgIpc) is 3.74. The maximum Gasteiger partial charge on any atom is 0.162 e. The fourth-order valence-electron chi connectivity index (χ4n) is 7.65. The normalized spacial score (nSPS) is 18.2. The van der Waals surface area contributed by atoms with Crippen molar-refractivity contribution in [3.8, 4) is 5.82 Å². The Morgan fingerprint density at radius 1 is 0.711 bits per heavy atom. The molecule has 0 saturated carbocycles. The molecule has 0 spiro atoms. The van der Waals surface area contributed by atoms with Crippen LogP contribution in [-0.4, -0.2) is 14.5 Å². The van der Waals surface area contributed by atoms with Crippen LogP contribution in [0.2, 0.25) is 0 Å². The van der Waals surface area contributed by atoms with E-state index in [4.69, 9.17) is 9.97 Å². The maximum absolute atomic E-state index is 5.56. The molecule has 2 aliphatic carbocycles. The number of thiophene rings is 2. The molecule has 0 saturated heterocycles. The van der Waals surface area contributed by atoms with E-state index in [0.29, 0.717) is 11.8 Å². The molecule has 8 aromatic rings. The Bertz CT molecular complexity index is 2640. The van der Waals surface area contributed by atoms with E-state index in [1.54, 1.807) is 11.3 Å². The molecule has 10 rings (SSSR count). The van der Waals surface area contributed by atoms with Gasteiger partial charge in [-0.1, -0.05) is 105 Å². The number of aromatic nitrogens is 3. The summed E-state index contributed by atoms with van der Waals surface area (Å²) in [6.45, 7) is 4.60. The van der Waals surface area contributed by atoms with Crippen molar-refractivity contribution in [2.24, 2.45) is 11.8 Å². The summed E-state index contributed by atoms with van der Waals surface area (Å²) in [6, 6.07) is 26.6. The molecule has 3 nitrogen and oxygen atoms in total. The van der Waals surface area contributed by atoms with E-state index in [0.717, 1.165) is 40.3 Å². The highest BCUT2D eigenvalue weighted by atomic mass is 32.1. The van der Waals surface area contributed by atoms with E-state index >= 15 is 0 Å². The highest BCUT2D eigenvalue weighted by Crippen LogP contribution is 2.49. The molecule has 0 N–H and O–H groups in total. The van der Waals surface area contributed by atoms with Gasteiger partial charge >= 0.3 is 0 Å². The molecule has 2 aliphatic rings. The Hall–Kier alpha value is -4.58. The summed E-state index contributed by atoms with van der Waals surface area (Å²) in [4.78, 5) is 11.9. The van der Waals surface area contributed by atoms with Crippen LogP contribution in [0.5, 0.6) is 0 Å². The molecule has 2 atom stereocenters. The molecule has 4 aromatic carbocycles. The molecule has 4 aromatic heterocycles. The van der Waals surface area contributed by atoms with Gasteiger partial charge in [-0.15, -0.1) is 22.7 Å². The number of hydrogen-bond acceptors (Lipinski definition) is 4. The van der Waals surface area contributed by atoms with Crippen LogP contribution in [0.4, 0.5) is 0 Å². The van der Waals surface area contributed by atoms with Gasteiger partial charge in [0.05, 0.1) is 10.9 Å². The molecule has 0 fully saturated rings. The number of allylic oxidation sites excluding steroid dienone is 5. The summed E-state index contributed by atoms with van der Waals surface area (Å²) < 4.78 is 6.49. The highest BCUT2D eigenvalue weighted by Gasteiger charge is 2.29. The molecule has 2 unspecified atom stereocenters. The molecule has 4 heterocycles. The minimum atomic E-state index is 0.433. The van der Waals surface area contributed by atoms with Crippen molar-refractivity contribution in [3.05, 3.63) is 114 Å². The third-order valence-corrected chi connectivity index (χ3v) is 11.9. The summed E-state index contributed by atoms with van der Waals surface area (Å²) >= 11 is 3.69. The van der Waals surface area contributed by atoms with Gasteiger partial charge in [0.1, 0.15) is 4.83 Å². The summed E-state index contributed by atoms with van der Waals surface area (Å²) in [5.41, 5.74) is 5.05. The summed E-state index contributed by atoms with van der Waals surface area (Å²) in [5.74, 6) is 2.71. The first-order valence-corrected chi connectivity index (χ1v) is 17.4. The molecule has 0 radical (unpaired) electrons. The Kier molecular flexibility index (Phi) is 5.41. The van der Waals surface area contributed by atoms with Crippen molar-refractivity contribution >= 4 is 96.5 Å². The van der Waals surface area contributed by atoms with E-state index in [1.807, 2.05) is 11.3 Å².